The fourth-order valence-electron chi connectivity index (χ4n) is 1.89. The van der Waals surface area contributed by atoms with Crippen LogP contribution in [0.15, 0.2) is 0 Å². The third-order valence-corrected chi connectivity index (χ3v) is 4.62. The van der Waals surface area contributed by atoms with Gasteiger partial charge in [-0.25, -0.2) is 8.42 Å². The molecule has 17 heavy (non-hydrogen) atoms. The lowest BCUT2D eigenvalue weighted by Gasteiger charge is -2.23. The molecular formula is C12H25NO3S. The molecule has 0 saturated carbocycles. The SMILES string of the molecule is CC(C)COCCCNC1CCS(=O)(=O)CC1. The average Bonchev–Trinajstić information content (AvgIpc) is 2.25. The van der Waals surface area contributed by atoms with E-state index in [1.165, 1.54) is 0 Å². The second-order valence-electron chi connectivity index (χ2n) is 5.20. The van der Waals surface area contributed by atoms with Crippen LogP contribution in [0.5, 0.6) is 0 Å². The first-order chi connectivity index (χ1) is 7.99. The zero-order valence-corrected chi connectivity index (χ0v) is 11.8. The first-order valence-electron chi connectivity index (χ1n) is 6.51. The summed E-state index contributed by atoms with van der Waals surface area (Å²) >= 11 is 0. The van der Waals surface area contributed by atoms with Crippen LogP contribution in [0.25, 0.3) is 0 Å². The van der Waals surface area contributed by atoms with Crippen LogP contribution in [-0.4, -0.2) is 45.7 Å². The molecule has 4 nitrogen and oxygen atoms in total. The molecular weight excluding hydrogens is 238 g/mol. The Labute approximate surface area is 105 Å². The third kappa shape index (κ3) is 7.01. The van der Waals surface area contributed by atoms with Gasteiger partial charge in [0.25, 0.3) is 0 Å². The summed E-state index contributed by atoms with van der Waals surface area (Å²) in [6.07, 6.45) is 2.51. The van der Waals surface area contributed by atoms with Crippen LogP contribution in [0.3, 0.4) is 0 Å². The van der Waals surface area contributed by atoms with Gasteiger partial charge in [-0.05, 0) is 31.7 Å². The van der Waals surface area contributed by atoms with E-state index in [1.54, 1.807) is 0 Å². The second kappa shape index (κ2) is 7.34. The Bertz CT molecular complexity index is 287. The molecule has 0 aromatic carbocycles. The average molecular weight is 263 g/mol. The molecule has 1 aliphatic heterocycles. The summed E-state index contributed by atoms with van der Waals surface area (Å²) in [5.74, 6) is 1.27. The summed E-state index contributed by atoms with van der Waals surface area (Å²) in [4.78, 5) is 0. The number of rotatable bonds is 7. The van der Waals surface area contributed by atoms with Crippen LogP contribution in [0.4, 0.5) is 0 Å². The lowest BCUT2D eigenvalue weighted by atomic mass is 10.1. The molecule has 1 heterocycles. The molecule has 0 bridgehead atoms. The minimum Gasteiger partial charge on any atom is -0.381 e. The van der Waals surface area contributed by atoms with Crippen molar-refractivity contribution in [1.82, 2.24) is 5.32 Å². The van der Waals surface area contributed by atoms with Crippen molar-refractivity contribution in [3.8, 4) is 0 Å². The van der Waals surface area contributed by atoms with Crippen molar-refractivity contribution >= 4 is 9.84 Å². The Kier molecular flexibility index (Phi) is 6.44. The highest BCUT2D eigenvalue weighted by molar-refractivity contribution is 7.91. The molecule has 0 amide bonds. The van der Waals surface area contributed by atoms with Gasteiger partial charge in [0.15, 0.2) is 0 Å². The smallest absolute Gasteiger partial charge is 0.150 e. The highest BCUT2D eigenvalue weighted by Gasteiger charge is 2.22. The van der Waals surface area contributed by atoms with Gasteiger partial charge in [-0.2, -0.15) is 0 Å². The number of ether oxygens (including phenoxy) is 1. The molecule has 0 aromatic heterocycles. The topological polar surface area (TPSA) is 55.4 Å². The van der Waals surface area contributed by atoms with Crippen LogP contribution in [0.1, 0.15) is 33.1 Å². The standard InChI is InChI=1S/C12H25NO3S/c1-11(2)10-16-7-3-6-13-12-4-8-17(14,15)9-5-12/h11-13H,3-10H2,1-2H3. The van der Waals surface area contributed by atoms with Crippen molar-refractivity contribution in [2.45, 2.75) is 39.2 Å². The minimum atomic E-state index is -2.73. The molecule has 0 radical (unpaired) electrons. The predicted octanol–water partition coefficient (Wildman–Crippen LogP) is 1.22. The summed E-state index contributed by atoms with van der Waals surface area (Å²) in [6.45, 7) is 6.81. The number of sulfone groups is 1. The first-order valence-corrected chi connectivity index (χ1v) is 8.33. The molecule has 1 N–H and O–H groups in total. The normalized spacial score (nSPS) is 20.9. The maximum atomic E-state index is 11.2. The second-order valence-corrected chi connectivity index (χ2v) is 7.51. The van der Waals surface area contributed by atoms with E-state index >= 15 is 0 Å². The Balaban J connectivity index is 1.97. The summed E-state index contributed by atoms with van der Waals surface area (Å²) < 4.78 is 27.9. The highest BCUT2D eigenvalue weighted by atomic mass is 32.2. The largest absolute Gasteiger partial charge is 0.381 e. The van der Waals surface area contributed by atoms with Gasteiger partial charge < -0.3 is 10.1 Å². The van der Waals surface area contributed by atoms with Crippen molar-refractivity contribution in [2.24, 2.45) is 5.92 Å². The maximum absolute atomic E-state index is 11.2. The van der Waals surface area contributed by atoms with Crippen LogP contribution < -0.4 is 5.32 Å². The molecule has 0 spiro atoms. The number of hydrogen-bond acceptors (Lipinski definition) is 4. The van der Waals surface area contributed by atoms with E-state index in [0.29, 0.717) is 23.5 Å². The molecule has 102 valence electrons. The molecule has 5 heteroatoms. The molecule has 0 atom stereocenters. The quantitative estimate of drug-likeness (QED) is 0.702. The summed E-state index contributed by atoms with van der Waals surface area (Å²) in [7, 11) is -2.73. The van der Waals surface area contributed by atoms with Crippen LogP contribution in [0.2, 0.25) is 0 Å². The van der Waals surface area contributed by atoms with Crippen molar-refractivity contribution in [1.29, 1.82) is 0 Å². The highest BCUT2D eigenvalue weighted by Crippen LogP contribution is 2.11. The lowest BCUT2D eigenvalue weighted by Crippen LogP contribution is -2.38. The number of hydrogen-bond donors (Lipinski definition) is 1. The molecule has 1 rings (SSSR count). The maximum Gasteiger partial charge on any atom is 0.150 e. The van der Waals surface area contributed by atoms with Crippen LogP contribution >= 0.6 is 0 Å². The summed E-state index contributed by atoms with van der Waals surface area (Å²) in [5.41, 5.74) is 0. The fourth-order valence-corrected chi connectivity index (χ4v) is 3.39. The molecule has 0 aliphatic carbocycles. The van der Waals surface area contributed by atoms with E-state index in [9.17, 15) is 8.42 Å². The predicted molar refractivity (Wildman–Crippen MR) is 70.0 cm³/mol. The zero-order valence-electron chi connectivity index (χ0n) is 10.9. The van der Waals surface area contributed by atoms with Crippen molar-refractivity contribution < 1.29 is 13.2 Å². The van der Waals surface area contributed by atoms with Gasteiger partial charge in [0.1, 0.15) is 9.84 Å². The molecule has 0 aromatic rings. The van der Waals surface area contributed by atoms with Gasteiger partial charge in [0.05, 0.1) is 11.5 Å². The van der Waals surface area contributed by atoms with E-state index in [4.69, 9.17) is 4.74 Å². The third-order valence-electron chi connectivity index (χ3n) is 2.90. The van der Waals surface area contributed by atoms with Crippen molar-refractivity contribution in [3.63, 3.8) is 0 Å². The van der Waals surface area contributed by atoms with Gasteiger partial charge in [-0.15, -0.1) is 0 Å². The van der Waals surface area contributed by atoms with Gasteiger partial charge >= 0.3 is 0 Å². The van der Waals surface area contributed by atoms with E-state index in [0.717, 1.165) is 39.0 Å². The van der Waals surface area contributed by atoms with E-state index in [1.807, 2.05) is 0 Å². The Hall–Kier alpha value is -0.130. The Morgan fingerprint density at radius 3 is 2.53 bits per heavy atom. The van der Waals surface area contributed by atoms with Gasteiger partial charge in [0.2, 0.25) is 0 Å². The van der Waals surface area contributed by atoms with Gasteiger partial charge in [0, 0.05) is 19.3 Å². The Morgan fingerprint density at radius 2 is 1.94 bits per heavy atom. The number of nitrogens with one attached hydrogen (secondary N) is 1. The van der Waals surface area contributed by atoms with Crippen molar-refractivity contribution in [3.05, 3.63) is 0 Å². The zero-order chi connectivity index (χ0) is 12.7. The molecule has 0 unspecified atom stereocenters. The monoisotopic (exact) mass is 263 g/mol. The lowest BCUT2D eigenvalue weighted by molar-refractivity contribution is 0.107. The van der Waals surface area contributed by atoms with Gasteiger partial charge in [-0.1, -0.05) is 13.8 Å². The van der Waals surface area contributed by atoms with E-state index < -0.39 is 9.84 Å². The Morgan fingerprint density at radius 1 is 1.29 bits per heavy atom. The first kappa shape index (κ1) is 14.9. The fraction of sp³-hybridized carbons (Fsp3) is 1.00. The van der Waals surface area contributed by atoms with Gasteiger partial charge in [-0.3, -0.25) is 0 Å². The van der Waals surface area contributed by atoms with E-state index in [-0.39, 0.29) is 0 Å². The minimum absolute atomic E-state index is 0.342. The van der Waals surface area contributed by atoms with Crippen molar-refractivity contribution in [2.75, 3.05) is 31.3 Å². The molecule has 1 saturated heterocycles. The van der Waals surface area contributed by atoms with Crippen LogP contribution in [0, 0.1) is 5.92 Å². The van der Waals surface area contributed by atoms with Crippen LogP contribution in [-0.2, 0) is 14.6 Å². The summed E-state index contributed by atoms with van der Waals surface area (Å²) in [6, 6.07) is 0.378. The van der Waals surface area contributed by atoms with E-state index in [2.05, 4.69) is 19.2 Å². The molecule has 1 aliphatic rings. The molecule has 1 fully saturated rings. The summed E-state index contributed by atoms with van der Waals surface area (Å²) in [5, 5.41) is 3.40.